The van der Waals surface area contributed by atoms with Gasteiger partial charge in [-0.1, -0.05) is 18.2 Å². The van der Waals surface area contributed by atoms with Crippen LogP contribution in [0.1, 0.15) is 12.5 Å². The highest BCUT2D eigenvalue weighted by atomic mass is 32.2. The van der Waals surface area contributed by atoms with Crippen molar-refractivity contribution >= 4 is 15.9 Å². The van der Waals surface area contributed by atoms with Gasteiger partial charge in [-0.15, -0.1) is 0 Å². The number of hydrogen-bond donors (Lipinski definition) is 1. The Morgan fingerprint density at radius 3 is 2.62 bits per heavy atom. The van der Waals surface area contributed by atoms with E-state index in [0.717, 1.165) is 5.56 Å². The van der Waals surface area contributed by atoms with E-state index in [2.05, 4.69) is 5.32 Å². The molecule has 1 aromatic carbocycles. The molecule has 0 saturated carbocycles. The van der Waals surface area contributed by atoms with Crippen molar-refractivity contribution in [1.82, 2.24) is 5.32 Å². The Morgan fingerprint density at radius 1 is 1.24 bits per heavy atom. The van der Waals surface area contributed by atoms with Crippen LogP contribution in [0.15, 0.2) is 24.3 Å². The average Bonchev–Trinajstić information content (AvgIpc) is 2.42. The standard InChI is InChI=1S/C15H23NO4S/c1-4-5-13-6-7-14(15(12-13)19-2)20-10-8-16-9-11-21(3,17)18/h4-7,12,16H,8-11H2,1-3H3. The molecular weight excluding hydrogens is 290 g/mol. The van der Waals surface area contributed by atoms with E-state index in [-0.39, 0.29) is 5.75 Å². The third-order valence-electron chi connectivity index (χ3n) is 2.73. The zero-order valence-corrected chi connectivity index (χ0v) is 13.6. The summed E-state index contributed by atoms with van der Waals surface area (Å²) in [7, 11) is -1.31. The fraction of sp³-hybridized carbons (Fsp3) is 0.467. The van der Waals surface area contributed by atoms with Gasteiger partial charge in [-0.2, -0.15) is 0 Å². The van der Waals surface area contributed by atoms with Crippen LogP contribution in [0.3, 0.4) is 0 Å². The third-order valence-corrected chi connectivity index (χ3v) is 3.68. The molecule has 5 nitrogen and oxygen atoms in total. The Hall–Kier alpha value is -1.53. The normalized spacial score (nSPS) is 11.8. The minimum atomic E-state index is -2.91. The van der Waals surface area contributed by atoms with E-state index in [1.165, 1.54) is 6.26 Å². The van der Waals surface area contributed by atoms with Crippen LogP contribution in [0.2, 0.25) is 0 Å². The van der Waals surface area contributed by atoms with Gasteiger partial charge in [-0.05, 0) is 24.6 Å². The molecule has 0 aliphatic heterocycles. The Morgan fingerprint density at radius 2 is 2.00 bits per heavy atom. The van der Waals surface area contributed by atoms with Crippen molar-refractivity contribution in [3.8, 4) is 11.5 Å². The third kappa shape index (κ3) is 7.15. The monoisotopic (exact) mass is 313 g/mol. The van der Waals surface area contributed by atoms with Gasteiger partial charge < -0.3 is 14.8 Å². The molecule has 21 heavy (non-hydrogen) atoms. The summed E-state index contributed by atoms with van der Waals surface area (Å²) in [5.41, 5.74) is 1.05. The summed E-state index contributed by atoms with van der Waals surface area (Å²) in [6.07, 6.45) is 5.17. The molecule has 6 heteroatoms. The number of allylic oxidation sites excluding steroid dienone is 1. The van der Waals surface area contributed by atoms with Crippen LogP contribution in [-0.2, 0) is 9.84 Å². The number of methoxy groups -OCH3 is 1. The van der Waals surface area contributed by atoms with E-state index in [1.54, 1.807) is 7.11 Å². The molecular formula is C15H23NO4S. The van der Waals surface area contributed by atoms with Gasteiger partial charge in [0.05, 0.1) is 12.9 Å². The van der Waals surface area contributed by atoms with E-state index in [0.29, 0.717) is 31.2 Å². The minimum absolute atomic E-state index is 0.133. The summed E-state index contributed by atoms with van der Waals surface area (Å²) in [6.45, 7) is 3.41. The van der Waals surface area contributed by atoms with Crippen molar-refractivity contribution in [3.63, 3.8) is 0 Å². The summed E-state index contributed by atoms with van der Waals surface area (Å²) in [5.74, 6) is 1.49. The van der Waals surface area contributed by atoms with Crippen molar-refractivity contribution in [2.24, 2.45) is 0 Å². The van der Waals surface area contributed by atoms with Gasteiger partial charge in [0.25, 0.3) is 0 Å². The van der Waals surface area contributed by atoms with E-state index in [1.807, 2.05) is 37.3 Å². The molecule has 0 aromatic heterocycles. The molecule has 0 spiro atoms. The molecule has 0 atom stereocenters. The number of nitrogens with one attached hydrogen (secondary N) is 1. The molecule has 0 heterocycles. The van der Waals surface area contributed by atoms with E-state index in [9.17, 15) is 8.42 Å². The predicted octanol–water partition coefficient (Wildman–Crippen LogP) is 1.74. The van der Waals surface area contributed by atoms with Gasteiger partial charge in [0, 0.05) is 19.3 Å². The molecule has 1 rings (SSSR count). The average molecular weight is 313 g/mol. The summed E-state index contributed by atoms with van der Waals surface area (Å²) in [6, 6.07) is 5.73. The minimum Gasteiger partial charge on any atom is -0.493 e. The summed E-state index contributed by atoms with van der Waals surface area (Å²) >= 11 is 0. The van der Waals surface area contributed by atoms with Crippen molar-refractivity contribution in [2.45, 2.75) is 6.92 Å². The summed E-state index contributed by atoms with van der Waals surface area (Å²) in [5, 5.41) is 3.03. The molecule has 0 radical (unpaired) electrons. The molecule has 1 aromatic rings. The topological polar surface area (TPSA) is 64.6 Å². The smallest absolute Gasteiger partial charge is 0.161 e. The first-order chi connectivity index (χ1) is 9.96. The molecule has 0 saturated heterocycles. The first-order valence-corrected chi connectivity index (χ1v) is 8.84. The van der Waals surface area contributed by atoms with Crippen LogP contribution in [0.5, 0.6) is 11.5 Å². The second-order valence-corrected chi connectivity index (χ2v) is 6.90. The SMILES string of the molecule is CC=Cc1ccc(OCCNCCS(C)(=O)=O)c(OC)c1. The summed E-state index contributed by atoms with van der Waals surface area (Å²) < 4.78 is 32.9. The van der Waals surface area contributed by atoms with Crippen molar-refractivity contribution in [2.75, 3.05) is 38.8 Å². The Balaban J connectivity index is 2.41. The first-order valence-electron chi connectivity index (χ1n) is 6.78. The number of rotatable bonds is 9. The summed E-state index contributed by atoms with van der Waals surface area (Å²) in [4.78, 5) is 0. The molecule has 1 N–H and O–H groups in total. The van der Waals surface area contributed by atoms with Crippen LogP contribution < -0.4 is 14.8 Å². The molecule has 0 amide bonds. The highest BCUT2D eigenvalue weighted by molar-refractivity contribution is 7.90. The van der Waals surface area contributed by atoms with Crippen molar-refractivity contribution in [1.29, 1.82) is 0 Å². The lowest BCUT2D eigenvalue weighted by Gasteiger charge is -2.11. The quantitative estimate of drug-likeness (QED) is 0.704. The zero-order valence-electron chi connectivity index (χ0n) is 12.8. The van der Waals surface area contributed by atoms with E-state index in [4.69, 9.17) is 9.47 Å². The van der Waals surface area contributed by atoms with Gasteiger partial charge in [0.1, 0.15) is 16.4 Å². The Bertz CT molecular complexity index is 567. The lowest BCUT2D eigenvalue weighted by molar-refractivity contribution is 0.293. The van der Waals surface area contributed by atoms with Crippen LogP contribution in [0.4, 0.5) is 0 Å². The molecule has 0 aliphatic carbocycles. The second-order valence-electron chi connectivity index (χ2n) is 4.64. The lowest BCUT2D eigenvalue weighted by Crippen LogP contribution is -2.26. The van der Waals surface area contributed by atoms with Crippen molar-refractivity contribution < 1.29 is 17.9 Å². The second kappa shape index (κ2) is 8.69. The highest BCUT2D eigenvalue weighted by Crippen LogP contribution is 2.28. The van der Waals surface area contributed by atoms with Crippen LogP contribution in [0, 0.1) is 0 Å². The van der Waals surface area contributed by atoms with Crippen LogP contribution in [-0.4, -0.2) is 47.2 Å². The van der Waals surface area contributed by atoms with Gasteiger partial charge in [0.15, 0.2) is 11.5 Å². The highest BCUT2D eigenvalue weighted by Gasteiger charge is 2.05. The number of hydrogen-bond acceptors (Lipinski definition) is 5. The van der Waals surface area contributed by atoms with E-state index >= 15 is 0 Å². The molecule has 0 bridgehead atoms. The van der Waals surface area contributed by atoms with Gasteiger partial charge >= 0.3 is 0 Å². The number of ether oxygens (including phenoxy) is 2. The maximum Gasteiger partial charge on any atom is 0.161 e. The van der Waals surface area contributed by atoms with E-state index < -0.39 is 9.84 Å². The zero-order chi connectivity index (χ0) is 15.7. The van der Waals surface area contributed by atoms with Gasteiger partial charge in [0.2, 0.25) is 0 Å². The predicted molar refractivity (Wildman–Crippen MR) is 85.8 cm³/mol. The molecule has 0 aliphatic rings. The maximum atomic E-state index is 11.0. The number of benzene rings is 1. The fourth-order valence-electron chi connectivity index (χ4n) is 1.72. The van der Waals surface area contributed by atoms with Crippen LogP contribution >= 0.6 is 0 Å². The Kier molecular flexibility index (Phi) is 7.25. The number of sulfone groups is 1. The van der Waals surface area contributed by atoms with Crippen LogP contribution in [0.25, 0.3) is 6.08 Å². The first kappa shape index (κ1) is 17.5. The molecule has 0 unspecified atom stereocenters. The maximum absolute atomic E-state index is 11.0. The van der Waals surface area contributed by atoms with Gasteiger partial charge in [-0.3, -0.25) is 0 Å². The van der Waals surface area contributed by atoms with Gasteiger partial charge in [-0.25, -0.2) is 8.42 Å². The fourth-order valence-corrected chi connectivity index (χ4v) is 2.23. The van der Waals surface area contributed by atoms with Crippen molar-refractivity contribution in [3.05, 3.63) is 29.8 Å². The molecule has 118 valence electrons. The molecule has 0 fully saturated rings. The lowest BCUT2D eigenvalue weighted by atomic mass is 10.2. The largest absolute Gasteiger partial charge is 0.493 e. The Labute approximate surface area is 126 Å².